The molecule has 1 unspecified atom stereocenters. The third kappa shape index (κ3) is 23.4. The predicted molar refractivity (Wildman–Crippen MR) is 291 cm³/mol. The zero-order chi connectivity index (χ0) is 75.8. The van der Waals surface area contributed by atoms with E-state index < -0.39 is 294 Å². The molecule has 5 fully saturated rings. The number of carbonyl (C=O) groups is 4. The van der Waals surface area contributed by atoms with E-state index in [-0.39, 0.29) is 0 Å². The molecule has 54 nitrogen and oxygen atoms in total. The van der Waals surface area contributed by atoms with Gasteiger partial charge in [-0.2, -0.15) is 68.4 Å². The molecule has 6 aliphatic heterocycles. The van der Waals surface area contributed by atoms with Gasteiger partial charge in [-0.3, -0.25) is 36.7 Å². The van der Waals surface area contributed by atoms with Crippen molar-refractivity contribution in [3.8, 4) is 0 Å². The van der Waals surface area contributed by atoms with Crippen molar-refractivity contribution in [2.24, 2.45) is 0 Å². The number of carboxylic acid groups (broad SMARTS) is 3. The summed E-state index contributed by atoms with van der Waals surface area (Å²) in [5.41, 5.74) is 0. The Morgan fingerprint density at radius 1 is 0.420 bits per heavy atom. The third-order valence-corrected chi connectivity index (χ3v) is 17.6. The predicted octanol–water partition coefficient (Wildman–Crippen LogP) is -13.5. The molecule has 6 aliphatic rings. The Balaban J connectivity index is 1.39. The van der Waals surface area contributed by atoms with Crippen LogP contribution >= 0.6 is 0 Å². The van der Waals surface area contributed by atoms with Crippen LogP contribution in [-0.4, -0.2) is 357 Å². The van der Waals surface area contributed by atoms with Crippen LogP contribution in [0.2, 0.25) is 0 Å². The first kappa shape index (κ1) is 84.8. The average Bonchev–Trinajstić information content (AvgIpc) is 0.761. The second-order valence-corrected chi connectivity index (χ2v) is 29.1. The van der Waals surface area contributed by atoms with E-state index in [2.05, 4.69) is 20.9 Å². The second-order valence-electron chi connectivity index (χ2n) is 21.3. The summed E-state index contributed by atoms with van der Waals surface area (Å²) in [5, 5.41) is 111. The average molecular weight is 1610 g/mol. The van der Waals surface area contributed by atoms with Crippen LogP contribution < -0.4 is 14.8 Å². The highest BCUT2D eigenvalue weighted by Crippen LogP contribution is 2.39. The maximum absolute atomic E-state index is 13.1. The Hall–Kier alpha value is -4.17. The molecule has 5 saturated heterocycles. The van der Waals surface area contributed by atoms with Gasteiger partial charge in [0.2, 0.25) is 18.0 Å². The smallest absolute Gasteiger partial charge is 0.397 e. The SMILES string of the molecule is CC(=O)N[C@H]1[C@@H](O[C@H]2[C@H](O)[C@@H](O)[C@H](O[C@H]3[C@H](OS(=O)(=O)O)[C@@H](NS(=O)(=O)O)[C@@H](O[C@H]4[C@H](O)[C@@H](OS(=O)(=O)O)[C@H](O[C@H]5[C@H](O)[C@@H](NS(=O)(=O)O)C(C)O[C@@H]5COS(=O)(=O)O)O[C@H]4C(=O)O)O[C@@H]3COS(=O)(=O)O)O[C@@H]2C(=O)O)O[C@H](COS(=O)(=O)O)[C@@H](O[C@@H]2OC(C(=O)O)=C[C@H](O)[C@H]2O)[C@@H]1O. The molecule has 580 valence electrons. The number of hydrogen-bond donors (Lipinski definition) is 20. The monoisotopic (exact) mass is 1610 g/mol. The van der Waals surface area contributed by atoms with E-state index in [9.17, 15) is 161 Å². The van der Waals surface area contributed by atoms with Gasteiger partial charge in [0, 0.05) is 6.92 Å². The summed E-state index contributed by atoms with van der Waals surface area (Å²) in [6, 6.07) is -7.67. The van der Waals surface area contributed by atoms with Gasteiger partial charge in [0.05, 0.1) is 32.0 Å². The molecular weight excluding hydrogens is 1550 g/mol. The summed E-state index contributed by atoms with van der Waals surface area (Å²) < 4.78 is 322. The fourth-order valence-corrected chi connectivity index (χ4v) is 13.5. The lowest BCUT2D eigenvalue weighted by Gasteiger charge is -2.50. The van der Waals surface area contributed by atoms with Gasteiger partial charge in [-0.25, -0.2) is 35.3 Å². The highest BCUT2D eigenvalue weighted by molar-refractivity contribution is 7.84. The molecule has 28 atom stereocenters. The number of carbonyl (C=O) groups excluding carboxylic acids is 1. The molecule has 0 radical (unpaired) electrons. The van der Waals surface area contributed by atoms with Gasteiger partial charge in [-0.1, -0.05) is 0 Å². The first-order chi connectivity index (χ1) is 45.5. The van der Waals surface area contributed by atoms with Crippen LogP contribution in [0, 0.1) is 0 Å². The Kier molecular flexibility index (Phi) is 27.7. The minimum absolute atomic E-state index is 0.472. The lowest BCUT2D eigenvalue weighted by atomic mass is 9.93. The van der Waals surface area contributed by atoms with Gasteiger partial charge < -0.3 is 108 Å². The van der Waals surface area contributed by atoms with Gasteiger partial charge in [-0.05, 0) is 13.0 Å². The number of hydrogen-bond acceptors (Lipinski definition) is 41. The van der Waals surface area contributed by atoms with Gasteiger partial charge >= 0.3 is 90.5 Å². The van der Waals surface area contributed by atoms with Gasteiger partial charge in [-0.15, -0.1) is 0 Å². The molecule has 0 bridgehead atoms. The Bertz CT molecular complexity index is 3790. The van der Waals surface area contributed by atoms with Crippen LogP contribution in [0.3, 0.4) is 0 Å². The van der Waals surface area contributed by atoms with E-state index in [1.54, 1.807) is 0 Å². The second kappa shape index (κ2) is 32.7. The first-order valence-corrected chi connectivity index (χ1v) is 36.5. The lowest BCUT2D eigenvalue weighted by molar-refractivity contribution is -0.373. The van der Waals surface area contributed by atoms with Crippen LogP contribution in [0.1, 0.15) is 13.8 Å². The van der Waals surface area contributed by atoms with Crippen molar-refractivity contribution in [2.75, 3.05) is 19.8 Å². The summed E-state index contributed by atoms with van der Waals surface area (Å²) in [6.45, 7) is -3.38. The topological polar surface area (TPSA) is 835 Å². The Morgan fingerprint density at radius 3 is 1.25 bits per heavy atom. The molecule has 20 N–H and O–H groups in total. The largest absolute Gasteiger partial charge is 0.479 e. The number of carboxylic acids is 3. The number of rotatable bonds is 31. The quantitative estimate of drug-likeness (QED) is 0.0287. The Labute approximate surface area is 560 Å². The highest BCUT2D eigenvalue weighted by Gasteiger charge is 2.62. The molecule has 0 saturated carbocycles. The van der Waals surface area contributed by atoms with E-state index in [4.69, 9.17) is 52.1 Å². The summed E-state index contributed by atoms with van der Waals surface area (Å²) in [4.78, 5) is 50.5. The van der Waals surface area contributed by atoms with Crippen molar-refractivity contribution < 1.29 is 234 Å². The fourth-order valence-electron chi connectivity index (χ4n) is 10.3. The highest BCUT2D eigenvalue weighted by atomic mass is 32.3. The normalized spacial score (nSPS) is 39.0. The summed E-state index contributed by atoms with van der Waals surface area (Å²) in [7, 11) is -41.1. The van der Waals surface area contributed by atoms with Crippen molar-refractivity contribution in [3.05, 3.63) is 11.8 Å². The minimum Gasteiger partial charge on any atom is -0.479 e. The van der Waals surface area contributed by atoms with E-state index >= 15 is 0 Å². The Morgan fingerprint density at radius 2 is 0.810 bits per heavy atom. The van der Waals surface area contributed by atoms with Crippen molar-refractivity contribution in [1.29, 1.82) is 0 Å². The molecule has 0 spiro atoms. The van der Waals surface area contributed by atoms with Crippen LogP contribution in [0.4, 0.5) is 0 Å². The number of ether oxygens (including phenoxy) is 11. The molecule has 1 amide bonds. The first-order valence-electron chi connectivity index (χ1n) is 26.8. The fraction of sp³-hybridized carbons (Fsp3) is 0.846. The van der Waals surface area contributed by atoms with Crippen LogP contribution in [-0.2, 0) is 165 Å². The molecule has 0 aromatic carbocycles. The minimum atomic E-state index is -6.37. The van der Waals surface area contributed by atoms with E-state index in [0.717, 1.165) is 18.6 Å². The van der Waals surface area contributed by atoms with Gasteiger partial charge in [0.15, 0.2) is 43.5 Å². The van der Waals surface area contributed by atoms with Crippen molar-refractivity contribution in [2.45, 2.75) is 186 Å². The zero-order valence-corrected chi connectivity index (χ0v) is 54.9. The number of aliphatic hydroxyl groups is 7. The number of aliphatic carboxylic acids is 3. The maximum Gasteiger partial charge on any atom is 0.397 e. The summed E-state index contributed by atoms with van der Waals surface area (Å²) in [5.74, 6) is -9.05. The van der Waals surface area contributed by atoms with Crippen LogP contribution in [0.15, 0.2) is 11.8 Å². The summed E-state index contributed by atoms with van der Waals surface area (Å²) >= 11 is 0. The zero-order valence-electron chi connectivity index (χ0n) is 49.2. The van der Waals surface area contributed by atoms with Crippen LogP contribution in [0.5, 0.6) is 0 Å². The van der Waals surface area contributed by atoms with Gasteiger partial charge in [0.25, 0.3) is 0 Å². The summed E-state index contributed by atoms with van der Waals surface area (Å²) in [6.07, 6.45) is -68.6. The van der Waals surface area contributed by atoms with Crippen molar-refractivity contribution in [3.63, 3.8) is 0 Å². The molecule has 0 aromatic heterocycles. The van der Waals surface area contributed by atoms with Gasteiger partial charge in [0.1, 0.15) is 110 Å². The molecule has 0 aromatic rings. The third-order valence-electron chi connectivity index (χ3n) is 14.2. The molecular formula is C39H61N3O51S7. The number of aliphatic hydroxyl groups excluding tert-OH is 7. The lowest BCUT2D eigenvalue weighted by Crippen LogP contribution is -2.71. The standard InChI is InChI=1S/C39H61N3O51S7/c1-7-14(41-94(57,58)59)18(46)23(11(81-7)4-78-96(63,64)65)86-39-29(93-100(75,76)77)22(50)28(31(91-39)34(55)56)89-36-16(42-95(60,61)62)26(92-99(72,73)74)25(13(84-36)6-80-98(69,70)71)87-38-21(49)20(48)27(30(90-38)33(53)54)88-35-15(40-8(2)43)19(47)24(12(83-35)5-79-97(66,67)68)85-37-17(45)9(44)3-10(82-37)32(51)52/h3,7,9,11-31,35-39,41-42,44-50H,4-6H2,1-2H3,(H,40,43)(H,51,52)(H,53,54)(H,55,56)(H,57,58,59)(H,60,61,62)(H,63,64,65)(H,66,67,68)(H,69,70,71)(H,72,73,74)(H,75,76,77)/t7?,9-,11+,12+,13+,14-,15+,16+,17+,18+,19+,20+,21+,22-,23+,24+,25+,26+,27-,28-,29+,30-,31+,35+,36+,37-,38+,39+/m0/s1. The van der Waals surface area contributed by atoms with Crippen molar-refractivity contribution >= 4 is 96.4 Å². The molecule has 61 heteroatoms. The number of amides is 1. The van der Waals surface area contributed by atoms with E-state index in [0.29, 0.717) is 6.08 Å². The van der Waals surface area contributed by atoms with Crippen LogP contribution in [0.25, 0.3) is 0 Å². The maximum atomic E-state index is 13.1. The molecule has 6 heterocycles. The van der Waals surface area contributed by atoms with E-state index in [1.165, 1.54) is 4.72 Å². The number of nitrogens with one attached hydrogen (secondary N) is 3. The molecule has 6 rings (SSSR count). The molecule has 100 heavy (non-hydrogen) atoms. The van der Waals surface area contributed by atoms with E-state index in [1.807, 2.05) is 5.32 Å². The molecule has 0 aliphatic carbocycles. The van der Waals surface area contributed by atoms with Crippen molar-refractivity contribution in [1.82, 2.24) is 14.8 Å².